The van der Waals surface area contributed by atoms with E-state index in [2.05, 4.69) is 43.1 Å². The maximum atomic E-state index is 5.74. The second-order valence-corrected chi connectivity index (χ2v) is 6.02. The first-order valence-corrected chi connectivity index (χ1v) is 6.19. The van der Waals surface area contributed by atoms with Gasteiger partial charge in [-0.1, -0.05) is 27.7 Å². The van der Waals surface area contributed by atoms with Gasteiger partial charge in [-0.3, -0.25) is 16.3 Å². The van der Waals surface area contributed by atoms with E-state index in [1.165, 1.54) is 0 Å². The number of ether oxygens (including phenoxy) is 1. The second kappa shape index (κ2) is 4.17. The minimum Gasteiger partial charge on any atom is -0.480 e. The molecule has 3 N–H and O–H groups in total. The molecule has 1 aromatic heterocycles. The lowest BCUT2D eigenvalue weighted by Crippen LogP contribution is -2.32. The quantitative estimate of drug-likeness (QED) is 0.628. The van der Waals surface area contributed by atoms with E-state index in [1.807, 2.05) is 0 Å². The molecule has 1 atom stereocenters. The van der Waals surface area contributed by atoms with Crippen LogP contribution in [0.1, 0.15) is 39.4 Å². The van der Waals surface area contributed by atoms with Crippen molar-refractivity contribution in [1.82, 2.24) is 15.4 Å². The summed E-state index contributed by atoms with van der Waals surface area (Å²) in [5.74, 6) is 6.68. The monoisotopic (exact) mass is 250 g/mol. The number of hydrazine groups is 1. The SMILES string of the molecule is COc1nccnc1C(NN)C1C(C)(C)C1(C)C. The van der Waals surface area contributed by atoms with Crippen LogP contribution in [0.5, 0.6) is 5.88 Å². The van der Waals surface area contributed by atoms with Gasteiger partial charge in [-0.15, -0.1) is 0 Å². The highest BCUT2D eigenvalue weighted by atomic mass is 16.5. The van der Waals surface area contributed by atoms with E-state index < -0.39 is 0 Å². The van der Waals surface area contributed by atoms with Gasteiger partial charge in [0.25, 0.3) is 0 Å². The molecule has 0 aliphatic heterocycles. The summed E-state index contributed by atoms with van der Waals surface area (Å²) in [6.45, 7) is 9.02. The van der Waals surface area contributed by atoms with Crippen LogP contribution in [0.15, 0.2) is 12.4 Å². The summed E-state index contributed by atoms with van der Waals surface area (Å²) < 4.78 is 5.27. The normalized spacial score (nSPS) is 22.6. The van der Waals surface area contributed by atoms with Gasteiger partial charge in [0.1, 0.15) is 5.69 Å². The molecule has 0 radical (unpaired) electrons. The average molecular weight is 250 g/mol. The van der Waals surface area contributed by atoms with Gasteiger partial charge in [0.2, 0.25) is 5.88 Å². The molecule has 1 aliphatic carbocycles. The summed E-state index contributed by atoms with van der Waals surface area (Å²) in [5.41, 5.74) is 4.10. The topological polar surface area (TPSA) is 73.1 Å². The number of rotatable bonds is 4. The lowest BCUT2D eigenvalue weighted by molar-refractivity contribution is 0.353. The molecule has 5 heteroatoms. The Labute approximate surface area is 108 Å². The van der Waals surface area contributed by atoms with Crippen molar-refractivity contribution in [3.63, 3.8) is 0 Å². The smallest absolute Gasteiger partial charge is 0.237 e. The molecule has 0 aromatic carbocycles. The Morgan fingerprint density at radius 2 is 1.78 bits per heavy atom. The zero-order valence-corrected chi connectivity index (χ0v) is 11.7. The minimum absolute atomic E-state index is 0.0429. The van der Waals surface area contributed by atoms with Crippen LogP contribution in [0, 0.1) is 16.7 Å². The fourth-order valence-corrected chi connectivity index (χ4v) is 3.12. The van der Waals surface area contributed by atoms with Crippen molar-refractivity contribution < 1.29 is 4.74 Å². The van der Waals surface area contributed by atoms with Crippen molar-refractivity contribution >= 4 is 0 Å². The number of nitrogens with two attached hydrogens (primary N) is 1. The molecular weight excluding hydrogens is 228 g/mol. The predicted molar refractivity (Wildman–Crippen MR) is 69.7 cm³/mol. The largest absolute Gasteiger partial charge is 0.480 e. The van der Waals surface area contributed by atoms with Crippen molar-refractivity contribution in [2.24, 2.45) is 22.6 Å². The summed E-state index contributed by atoms with van der Waals surface area (Å²) in [7, 11) is 1.60. The van der Waals surface area contributed by atoms with Crippen molar-refractivity contribution in [3.05, 3.63) is 18.1 Å². The third-order valence-corrected chi connectivity index (χ3v) is 4.82. The fourth-order valence-electron chi connectivity index (χ4n) is 3.12. The maximum absolute atomic E-state index is 5.74. The predicted octanol–water partition coefficient (Wildman–Crippen LogP) is 1.67. The first-order valence-electron chi connectivity index (χ1n) is 6.19. The molecule has 1 fully saturated rings. The van der Waals surface area contributed by atoms with Gasteiger partial charge < -0.3 is 4.74 Å². The van der Waals surface area contributed by atoms with E-state index in [4.69, 9.17) is 10.6 Å². The summed E-state index contributed by atoms with van der Waals surface area (Å²) in [4.78, 5) is 8.57. The average Bonchev–Trinajstić information content (AvgIpc) is 2.74. The number of methoxy groups -OCH3 is 1. The van der Waals surface area contributed by atoms with Crippen LogP contribution in [0.4, 0.5) is 0 Å². The summed E-state index contributed by atoms with van der Waals surface area (Å²) in [5, 5.41) is 0. The Balaban J connectivity index is 2.37. The number of hydrogen-bond acceptors (Lipinski definition) is 5. The molecule has 1 unspecified atom stereocenters. The Morgan fingerprint density at radius 1 is 1.22 bits per heavy atom. The Hall–Kier alpha value is -1.20. The molecule has 5 nitrogen and oxygen atoms in total. The zero-order valence-electron chi connectivity index (χ0n) is 11.7. The molecule has 0 bridgehead atoms. The molecule has 1 saturated carbocycles. The van der Waals surface area contributed by atoms with Crippen LogP contribution in [0.3, 0.4) is 0 Å². The Morgan fingerprint density at radius 3 is 2.22 bits per heavy atom. The van der Waals surface area contributed by atoms with Crippen LogP contribution in [0.25, 0.3) is 0 Å². The highest BCUT2D eigenvalue weighted by molar-refractivity contribution is 5.28. The first-order chi connectivity index (χ1) is 8.37. The molecule has 0 amide bonds. The summed E-state index contributed by atoms with van der Waals surface area (Å²) in [6.07, 6.45) is 3.30. The van der Waals surface area contributed by atoms with Crippen LogP contribution in [0.2, 0.25) is 0 Å². The van der Waals surface area contributed by atoms with Crippen molar-refractivity contribution in [2.45, 2.75) is 33.7 Å². The molecule has 0 spiro atoms. The molecule has 1 aliphatic rings. The lowest BCUT2D eigenvalue weighted by atomic mass is 10.0. The molecule has 0 saturated heterocycles. The highest BCUT2D eigenvalue weighted by Gasteiger charge is 2.67. The van der Waals surface area contributed by atoms with E-state index in [1.54, 1.807) is 19.5 Å². The summed E-state index contributed by atoms with van der Waals surface area (Å²) in [6, 6.07) is -0.0429. The highest BCUT2D eigenvalue weighted by Crippen LogP contribution is 2.72. The van der Waals surface area contributed by atoms with E-state index in [0.717, 1.165) is 5.69 Å². The standard InChI is InChI=1S/C13H22N4O/c1-12(2)10(13(12,3)4)8(17-14)9-11(18-5)16-7-6-15-9/h6-8,10,17H,14H2,1-5H3. The molecule has 2 rings (SSSR count). The first kappa shape index (κ1) is 13.2. The van der Waals surface area contributed by atoms with Gasteiger partial charge in [0, 0.05) is 12.4 Å². The van der Waals surface area contributed by atoms with E-state index in [0.29, 0.717) is 11.8 Å². The van der Waals surface area contributed by atoms with Crippen LogP contribution < -0.4 is 16.0 Å². The molecule has 1 aromatic rings. The van der Waals surface area contributed by atoms with Crippen molar-refractivity contribution in [1.29, 1.82) is 0 Å². The van der Waals surface area contributed by atoms with E-state index in [-0.39, 0.29) is 16.9 Å². The van der Waals surface area contributed by atoms with Gasteiger partial charge in [-0.05, 0) is 16.7 Å². The third kappa shape index (κ3) is 1.69. The number of nitrogens with one attached hydrogen (secondary N) is 1. The van der Waals surface area contributed by atoms with Gasteiger partial charge >= 0.3 is 0 Å². The molecule has 1 heterocycles. The molecular formula is C13H22N4O. The third-order valence-electron chi connectivity index (χ3n) is 4.82. The zero-order chi connectivity index (χ0) is 13.6. The second-order valence-electron chi connectivity index (χ2n) is 6.02. The van der Waals surface area contributed by atoms with Crippen molar-refractivity contribution in [3.8, 4) is 5.88 Å². The number of aromatic nitrogens is 2. The Kier molecular flexibility index (Phi) is 3.07. The fraction of sp³-hybridized carbons (Fsp3) is 0.692. The van der Waals surface area contributed by atoms with Gasteiger partial charge in [-0.25, -0.2) is 4.98 Å². The van der Waals surface area contributed by atoms with Gasteiger partial charge in [-0.2, -0.15) is 0 Å². The van der Waals surface area contributed by atoms with Crippen LogP contribution in [-0.2, 0) is 0 Å². The van der Waals surface area contributed by atoms with E-state index in [9.17, 15) is 0 Å². The molecule has 100 valence electrons. The van der Waals surface area contributed by atoms with E-state index >= 15 is 0 Å². The van der Waals surface area contributed by atoms with Gasteiger partial charge in [0.05, 0.1) is 13.2 Å². The van der Waals surface area contributed by atoms with Crippen LogP contribution in [-0.4, -0.2) is 17.1 Å². The van der Waals surface area contributed by atoms with Crippen LogP contribution >= 0.6 is 0 Å². The number of nitrogens with zero attached hydrogens (tertiary/aromatic N) is 2. The maximum Gasteiger partial charge on any atom is 0.237 e. The number of hydrogen-bond donors (Lipinski definition) is 2. The molecule has 18 heavy (non-hydrogen) atoms. The van der Waals surface area contributed by atoms with Crippen molar-refractivity contribution in [2.75, 3.05) is 7.11 Å². The summed E-state index contributed by atoms with van der Waals surface area (Å²) >= 11 is 0. The lowest BCUT2D eigenvalue weighted by Gasteiger charge is -2.19. The minimum atomic E-state index is -0.0429. The van der Waals surface area contributed by atoms with Gasteiger partial charge in [0.15, 0.2) is 0 Å². The Bertz CT molecular complexity index is 430.